The van der Waals surface area contributed by atoms with Crippen LogP contribution in [0.15, 0.2) is 41.3 Å². The van der Waals surface area contributed by atoms with E-state index >= 15 is 0 Å². The van der Waals surface area contributed by atoms with Crippen LogP contribution in [0.4, 0.5) is 14.5 Å². The maximum atomic E-state index is 13.5. The van der Waals surface area contributed by atoms with Gasteiger partial charge in [-0.1, -0.05) is 64.6 Å². The second-order valence-corrected chi connectivity index (χ2v) is 11.7. The molecule has 4 atom stereocenters. The van der Waals surface area contributed by atoms with Gasteiger partial charge >= 0.3 is 0 Å². The van der Waals surface area contributed by atoms with E-state index in [-0.39, 0.29) is 17.2 Å². The fourth-order valence-corrected chi connectivity index (χ4v) is 6.71. The van der Waals surface area contributed by atoms with Crippen LogP contribution in [-0.2, 0) is 0 Å². The van der Waals surface area contributed by atoms with E-state index in [0.29, 0.717) is 22.9 Å². The summed E-state index contributed by atoms with van der Waals surface area (Å²) in [5.41, 5.74) is -0.995. The number of hydrogen-bond acceptors (Lipinski definition) is 6. The molecule has 0 aliphatic carbocycles. The molecule has 10 heteroatoms. The average molecular weight is 575 g/mol. The molecule has 3 rings (SSSR count). The number of rotatable bonds is 10. The van der Waals surface area contributed by atoms with Crippen molar-refractivity contribution >= 4 is 46.9 Å². The van der Waals surface area contributed by atoms with Gasteiger partial charge in [0.25, 0.3) is 5.91 Å². The quantitative estimate of drug-likeness (QED) is 0.212. The molecule has 3 unspecified atom stereocenters. The number of aliphatic hydroxyl groups is 2. The zero-order valence-corrected chi connectivity index (χ0v) is 24.3. The van der Waals surface area contributed by atoms with Crippen LogP contribution in [0.1, 0.15) is 57.8 Å². The highest BCUT2D eigenvalue weighted by molar-refractivity contribution is 8.00. The summed E-state index contributed by atoms with van der Waals surface area (Å²) in [5, 5.41) is 25.4. The number of nitrogens with zero attached hydrogens (tertiary/aromatic N) is 1. The van der Waals surface area contributed by atoms with Gasteiger partial charge in [0.2, 0.25) is 0 Å². The van der Waals surface area contributed by atoms with Crippen LogP contribution in [0.5, 0.6) is 0 Å². The minimum Gasteiger partial charge on any atom is -0.389 e. The summed E-state index contributed by atoms with van der Waals surface area (Å²) in [6, 6.07) is 7.84. The Morgan fingerprint density at radius 3 is 2.51 bits per heavy atom. The number of anilines is 1. The molecule has 1 amide bonds. The lowest BCUT2D eigenvalue weighted by molar-refractivity contribution is -0.111. The summed E-state index contributed by atoms with van der Waals surface area (Å²) < 4.78 is 28.8. The van der Waals surface area contributed by atoms with E-state index in [2.05, 4.69) is 9.62 Å². The fourth-order valence-electron chi connectivity index (χ4n) is 4.11. The third kappa shape index (κ3) is 8.07. The van der Waals surface area contributed by atoms with Crippen molar-refractivity contribution < 1.29 is 23.8 Å². The highest BCUT2D eigenvalue weighted by Crippen LogP contribution is 2.41. The molecule has 0 bridgehead atoms. The molecule has 0 saturated carbocycles. The number of carbonyl (C=O) groups excluding carboxylic acids is 1. The molecule has 0 radical (unpaired) electrons. The number of β-amino-alcohol motifs (C(OH)–C–C–N with tert-alkyl or cyclic N) is 1. The van der Waals surface area contributed by atoms with E-state index in [1.54, 1.807) is 24.1 Å². The predicted molar refractivity (Wildman–Crippen MR) is 151 cm³/mol. The summed E-state index contributed by atoms with van der Waals surface area (Å²) in [4.78, 5) is 13.3. The number of amides is 1. The van der Waals surface area contributed by atoms with E-state index < -0.39 is 34.5 Å². The van der Waals surface area contributed by atoms with Crippen LogP contribution in [-0.4, -0.2) is 56.2 Å². The first-order valence-electron chi connectivity index (χ1n) is 12.6. The monoisotopic (exact) mass is 574 g/mol. The maximum absolute atomic E-state index is 13.5. The van der Waals surface area contributed by atoms with Crippen LogP contribution in [0.3, 0.4) is 0 Å². The third-order valence-corrected chi connectivity index (χ3v) is 9.40. The lowest BCUT2D eigenvalue weighted by atomic mass is 9.79. The van der Waals surface area contributed by atoms with Gasteiger partial charge in [-0.3, -0.25) is 4.79 Å². The predicted octanol–water partition coefficient (Wildman–Crippen LogP) is 6.87. The Kier molecular flexibility index (Phi) is 12.7. The number of aliphatic hydroxyl groups excluding tert-OH is 1. The minimum absolute atomic E-state index is 0.125. The van der Waals surface area contributed by atoms with E-state index in [9.17, 15) is 23.8 Å². The highest BCUT2D eigenvalue weighted by Gasteiger charge is 2.46. The van der Waals surface area contributed by atoms with E-state index in [1.807, 2.05) is 34.6 Å². The standard InChI is InChI=1S/C25H31ClF2N2O3S2.C2H6/c1-4-15(2)25(33,23(31)14-30-10-5-11-34-30)16(3)35-22-12-17(6-8-19(22)26)24(32)29-18-7-9-20(27)21(28)13-18;1-2/h6-9,12-13,15-16,23,31,33H,4-5,10-11,14H2,1-3H3,(H,29,32);1-2H3/t15?,16-,23?,25?;/m1./s1. The number of benzene rings is 2. The smallest absolute Gasteiger partial charge is 0.255 e. The molecule has 1 aliphatic rings. The van der Waals surface area contributed by atoms with Crippen molar-refractivity contribution in [2.45, 2.75) is 69.3 Å². The van der Waals surface area contributed by atoms with Gasteiger partial charge in [-0.15, -0.1) is 11.8 Å². The maximum Gasteiger partial charge on any atom is 0.255 e. The molecule has 5 nitrogen and oxygen atoms in total. The Labute approximate surface area is 232 Å². The molecule has 2 aromatic carbocycles. The molecule has 0 aromatic heterocycles. The first kappa shape index (κ1) is 31.9. The molecular weight excluding hydrogens is 538 g/mol. The van der Waals surface area contributed by atoms with Crippen LogP contribution < -0.4 is 5.32 Å². The summed E-state index contributed by atoms with van der Waals surface area (Å²) in [6.07, 6.45) is 0.762. The Morgan fingerprint density at radius 2 is 1.92 bits per heavy atom. The Morgan fingerprint density at radius 1 is 1.22 bits per heavy atom. The Bertz CT molecular complexity index is 1040. The number of hydrogen-bond donors (Lipinski definition) is 3. The van der Waals surface area contributed by atoms with Crippen molar-refractivity contribution in [3.63, 3.8) is 0 Å². The molecular formula is C27H37ClF2N2O3S2. The largest absolute Gasteiger partial charge is 0.389 e. The first-order valence-corrected chi connectivity index (χ1v) is 14.8. The number of thioether (sulfide) groups is 1. The fraction of sp³-hybridized carbons (Fsp3) is 0.519. The van der Waals surface area contributed by atoms with Gasteiger partial charge in [0, 0.05) is 46.3 Å². The molecule has 1 saturated heterocycles. The lowest BCUT2D eigenvalue weighted by Gasteiger charge is -2.43. The van der Waals surface area contributed by atoms with Crippen molar-refractivity contribution in [1.29, 1.82) is 0 Å². The average Bonchev–Trinajstić information content (AvgIpc) is 3.40. The van der Waals surface area contributed by atoms with Gasteiger partial charge in [-0.05, 0) is 42.7 Å². The zero-order chi connectivity index (χ0) is 27.8. The minimum atomic E-state index is -1.39. The van der Waals surface area contributed by atoms with Gasteiger partial charge in [-0.2, -0.15) is 0 Å². The molecule has 1 aliphatic heterocycles. The van der Waals surface area contributed by atoms with Crippen LogP contribution in [0, 0.1) is 17.6 Å². The lowest BCUT2D eigenvalue weighted by Crippen LogP contribution is -2.57. The summed E-state index contributed by atoms with van der Waals surface area (Å²) >= 11 is 9.39. The molecule has 2 aromatic rings. The zero-order valence-electron chi connectivity index (χ0n) is 21.9. The van der Waals surface area contributed by atoms with Crippen molar-refractivity contribution in [1.82, 2.24) is 4.31 Å². The van der Waals surface area contributed by atoms with Gasteiger partial charge in [0.15, 0.2) is 11.6 Å². The van der Waals surface area contributed by atoms with Crippen molar-refractivity contribution in [3.8, 4) is 0 Å². The second kappa shape index (κ2) is 14.7. The molecule has 37 heavy (non-hydrogen) atoms. The first-order chi connectivity index (χ1) is 17.6. The second-order valence-electron chi connectivity index (χ2n) is 8.78. The molecule has 1 fully saturated rings. The van der Waals surface area contributed by atoms with Gasteiger partial charge < -0.3 is 15.5 Å². The normalized spacial score (nSPS) is 17.8. The topological polar surface area (TPSA) is 72.8 Å². The van der Waals surface area contributed by atoms with Gasteiger partial charge in [-0.25, -0.2) is 13.1 Å². The van der Waals surface area contributed by atoms with Crippen LogP contribution in [0.2, 0.25) is 5.02 Å². The molecule has 0 spiro atoms. The van der Waals surface area contributed by atoms with Crippen LogP contribution >= 0.6 is 35.3 Å². The molecule has 1 heterocycles. The number of halogens is 3. The van der Waals surface area contributed by atoms with E-state index in [1.165, 1.54) is 23.9 Å². The van der Waals surface area contributed by atoms with Gasteiger partial charge in [0.1, 0.15) is 5.60 Å². The van der Waals surface area contributed by atoms with Gasteiger partial charge in [0.05, 0.1) is 11.1 Å². The van der Waals surface area contributed by atoms with Crippen molar-refractivity contribution in [3.05, 3.63) is 58.6 Å². The Balaban J connectivity index is 0.00000235. The Hall–Kier alpha value is -1.36. The third-order valence-electron chi connectivity index (χ3n) is 6.46. The van der Waals surface area contributed by atoms with Crippen molar-refractivity contribution in [2.24, 2.45) is 5.92 Å². The van der Waals surface area contributed by atoms with E-state index in [0.717, 1.165) is 30.9 Å². The SMILES string of the molecule is CC.CCC(C)C(O)(C(O)CN1CCCS1)[C@@H](C)Sc1cc(C(=O)Nc2ccc(F)c(F)c2)ccc1Cl. The summed E-state index contributed by atoms with van der Waals surface area (Å²) in [5.74, 6) is -1.74. The number of carbonyl (C=O) groups is 1. The van der Waals surface area contributed by atoms with E-state index in [4.69, 9.17) is 11.6 Å². The van der Waals surface area contributed by atoms with Crippen molar-refractivity contribution in [2.75, 3.05) is 24.2 Å². The molecule has 3 N–H and O–H groups in total. The summed E-state index contributed by atoms with van der Waals surface area (Å²) in [7, 11) is 0. The highest BCUT2D eigenvalue weighted by atomic mass is 35.5. The summed E-state index contributed by atoms with van der Waals surface area (Å²) in [6.45, 7) is 11.0. The van der Waals surface area contributed by atoms with Crippen LogP contribution in [0.25, 0.3) is 0 Å². The number of nitrogens with one attached hydrogen (secondary N) is 1. The molecule has 206 valence electrons.